The lowest BCUT2D eigenvalue weighted by Crippen LogP contribution is -2.38. The maximum Gasteiger partial charge on any atom is 0.354 e. The van der Waals surface area contributed by atoms with Gasteiger partial charge in [-0.25, -0.2) is 9.78 Å². The van der Waals surface area contributed by atoms with E-state index < -0.39 is 11.9 Å². The van der Waals surface area contributed by atoms with Gasteiger partial charge in [0.05, 0.1) is 12.1 Å². The minimum absolute atomic E-state index is 0.00930. The topological polar surface area (TPSA) is 96.5 Å². The van der Waals surface area contributed by atoms with Crippen LogP contribution in [0.25, 0.3) is 10.9 Å². The number of primary amides is 1. The van der Waals surface area contributed by atoms with E-state index in [1.807, 2.05) is 26.0 Å². The van der Waals surface area contributed by atoms with Crippen LogP contribution in [0.15, 0.2) is 30.3 Å². The first-order valence-electron chi connectivity index (χ1n) is 6.58. The Morgan fingerprint density at radius 1 is 1.33 bits per heavy atom. The van der Waals surface area contributed by atoms with Crippen molar-refractivity contribution in [3.05, 3.63) is 36.0 Å². The van der Waals surface area contributed by atoms with E-state index >= 15 is 0 Å². The van der Waals surface area contributed by atoms with Crippen LogP contribution in [0.4, 0.5) is 5.69 Å². The van der Waals surface area contributed by atoms with E-state index in [9.17, 15) is 14.7 Å². The Morgan fingerprint density at radius 2 is 2.00 bits per heavy atom. The maximum absolute atomic E-state index is 11.3. The van der Waals surface area contributed by atoms with Gasteiger partial charge in [0.25, 0.3) is 0 Å². The summed E-state index contributed by atoms with van der Waals surface area (Å²) in [5.41, 5.74) is 6.46. The molecule has 0 saturated carbocycles. The molecule has 0 atom stereocenters. The molecule has 0 unspecified atom stereocenters. The number of carbonyl (C=O) groups excluding carboxylic acids is 1. The highest BCUT2D eigenvalue weighted by molar-refractivity contribution is 5.98. The van der Waals surface area contributed by atoms with Gasteiger partial charge in [0.2, 0.25) is 5.91 Å². The fourth-order valence-electron chi connectivity index (χ4n) is 2.22. The number of para-hydroxylation sites is 1. The smallest absolute Gasteiger partial charge is 0.354 e. The molecule has 21 heavy (non-hydrogen) atoms. The summed E-state index contributed by atoms with van der Waals surface area (Å²) in [7, 11) is 0. The van der Waals surface area contributed by atoms with Crippen LogP contribution in [-0.4, -0.2) is 34.6 Å². The van der Waals surface area contributed by atoms with Crippen LogP contribution in [0, 0.1) is 0 Å². The zero-order valence-corrected chi connectivity index (χ0v) is 11.9. The van der Waals surface area contributed by atoms with Crippen LogP contribution in [0.2, 0.25) is 0 Å². The highest BCUT2D eigenvalue weighted by Crippen LogP contribution is 2.28. The fourth-order valence-corrected chi connectivity index (χ4v) is 2.22. The van der Waals surface area contributed by atoms with Crippen molar-refractivity contribution in [1.82, 2.24) is 4.98 Å². The standard InChI is InChI=1S/C15H17N3O3/c1-9(2)18(8-14(16)19)13-7-12(15(20)21)17-11-6-4-3-5-10(11)13/h3-7,9H,8H2,1-2H3,(H2,16,19)(H,20,21). The molecule has 6 nitrogen and oxygen atoms in total. The van der Waals surface area contributed by atoms with Crippen LogP contribution in [0.5, 0.6) is 0 Å². The minimum Gasteiger partial charge on any atom is -0.477 e. The molecule has 0 spiro atoms. The maximum atomic E-state index is 11.3. The van der Waals surface area contributed by atoms with Gasteiger partial charge in [-0.2, -0.15) is 0 Å². The van der Waals surface area contributed by atoms with Gasteiger partial charge in [-0.3, -0.25) is 4.79 Å². The highest BCUT2D eigenvalue weighted by Gasteiger charge is 2.19. The van der Waals surface area contributed by atoms with Gasteiger partial charge in [0, 0.05) is 17.1 Å². The molecule has 3 N–H and O–H groups in total. The van der Waals surface area contributed by atoms with Crippen molar-refractivity contribution < 1.29 is 14.7 Å². The molecule has 0 bridgehead atoms. The molecule has 0 aliphatic carbocycles. The largest absolute Gasteiger partial charge is 0.477 e. The Bertz CT molecular complexity index is 698. The number of carboxylic acids is 1. The molecule has 1 heterocycles. The lowest BCUT2D eigenvalue weighted by molar-refractivity contribution is -0.116. The average Bonchev–Trinajstić information content (AvgIpc) is 2.43. The van der Waals surface area contributed by atoms with Crippen molar-refractivity contribution >= 4 is 28.5 Å². The third kappa shape index (κ3) is 3.10. The Balaban J connectivity index is 2.69. The second-order valence-electron chi connectivity index (χ2n) is 5.04. The summed E-state index contributed by atoms with van der Waals surface area (Å²) in [6, 6.07) is 8.70. The number of nitrogens with two attached hydrogens (primary N) is 1. The quantitative estimate of drug-likeness (QED) is 0.871. The molecule has 0 radical (unpaired) electrons. The van der Waals surface area contributed by atoms with E-state index in [1.165, 1.54) is 6.07 Å². The summed E-state index contributed by atoms with van der Waals surface area (Å²) in [6.45, 7) is 3.85. The summed E-state index contributed by atoms with van der Waals surface area (Å²) in [4.78, 5) is 28.4. The Hall–Kier alpha value is -2.63. The Kier molecular flexibility index (Phi) is 4.07. The molecule has 0 fully saturated rings. The summed E-state index contributed by atoms with van der Waals surface area (Å²) in [5.74, 6) is -1.58. The highest BCUT2D eigenvalue weighted by atomic mass is 16.4. The van der Waals surface area contributed by atoms with Gasteiger partial charge in [-0.1, -0.05) is 18.2 Å². The molecule has 2 rings (SSSR count). The van der Waals surface area contributed by atoms with Crippen molar-refractivity contribution in [2.45, 2.75) is 19.9 Å². The van der Waals surface area contributed by atoms with E-state index in [0.29, 0.717) is 11.2 Å². The van der Waals surface area contributed by atoms with E-state index in [2.05, 4.69) is 4.98 Å². The van der Waals surface area contributed by atoms with Gasteiger partial charge in [0.15, 0.2) is 5.69 Å². The minimum atomic E-state index is -1.11. The number of benzene rings is 1. The number of hydrogen-bond donors (Lipinski definition) is 2. The van der Waals surface area contributed by atoms with Crippen molar-refractivity contribution in [2.24, 2.45) is 5.73 Å². The number of carboxylic acid groups (broad SMARTS) is 1. The van der Waals surface area contributed by atoms with Crippen LogP contribution < -0.4 is 10.6 Å². The zero-order valence-electron chi connectivity index (χ0n) is 11.9. The third-order valence-corrected chi connectivity index (χ3v) is 3.17. The van der Waals surface area contributed by atoms with Crippen LogP contribution in [-0.2, 0) is 4.79 Å². The second kappa shape index (κ2) is 5.78. The number of aromatic nitrogens is 1. The number of rotatable bonds is 5. The molecular weight excluding hydrogens is 270 g/mol. The number of anilines is 1. The molecular formula is C15H17N3O3. The Labute approximate surface area is 122 Å². The lowest BCUT2D eigenvalue weighted by Gasteiger charge is -2.29. The predicted octanol–water partition coefficient (Wildman–Crippen LogP) is 1.63. The molecule has 110 valence electrons. The number of pyridine rings is 1. The molecule has 1 aromatic heterocycles. The van der Waals surface area contributed by atoms with E-state index in [0.717, 1.165) is 5.39 Å². The van der Waals surface area contributed by atoms with Gasteiger partial charge in [-0.15, -0.1) is 0 Å². The molecule has 0 aliphatic heterocycles. The zero-order chi connectivity index (χ0) is 15.6. The van der Waals surface area contributed by atoms with Crippen molar-refractivity contribution in [3.8, 4) is 0 Å². The van der Waals surface area contributed by atoms with Gasteiger partial charge >= 0.3 is 5.97 Å². The number of hydrogen-bond acceptors (Lipinski definition) is 4. The SMILES string of the molecule is CC(C)N(CC(N)=O)c1cc(C(=O)O)nc2ccccc12. The van der Waals surface area contributed by atoms with Crippen LogP contribution >= 0.6 is 0 Å². The van der Waals surface area contributed by atoms with Gasteiger partial charge in [0.1, 0.15) is 0 Å². The average molecular weight is 287 g/mol. The normalized spacial score (nSPS) is 10.8. The number of aromatic carboxylic acids is 1. The second-order valence-corrected chi connectivity index (χ2v) is 5.04. The predicted molar refractivity (Wildman–Crippen MR) is 80.4 cm³/mol. The Morgan fingerprint density at radius 3 is 2.57 bits per heavy atom. The summed E-state index contributed by atoms with van der Waals surface area (Å²) >= 11 is 0. The first kappa shape index (κ1) is 14.8. The number of amides is 1. The van der Waals surface area contributed by atoms with E-state index in [1.54, 1.807) is 17.0 Å². The third-order valence-electron chi connectivity index (χ3n) is 3.17. The molecule has 6 heteroatoms. The molecule has 1 aromatic carbocycles. The number of fused-ring (bicyclic) bond motifs is 1. The van der Waals surface area contributed by atoms with Crippen LogP contribution in [0.3, 0.4) is 0 Å². The lowest BCUT2D eigenvalue weighted by atomic mass is 10.1. The van der Waals surface area contributed by atoms with Crippen LogP contribution in [0.1, 0.15) is 24.3 Å². The van der Waals surface area contributed by atoms with E-state index in [-0.39, 0.29) is 18.3 Å². The monoisotopic (exact) mass is 287 g/mol. The van der Waals surface area contributed by atoms with E-state index in [4.69, 9.17) is 5.73 Å². The van der Waals surface area contributed by atoms with Crippen molar-refractivity contribution in [1.29, 1.82) is 0 Å². The molecule has 2 aromatic rings. The summed E-state index contributed by atoms with van der Waals surface area (Å²) in [5, 5.41) is 9.99. The van der Waals surface area contributed by atoms with Gasteiger partial charge in [-0.05, 0) is 26.0 Å². The number of nitrogens with zero attached hydrogens (tertiary/aromatic N) is 2. The first-order chi connectivity index (χ1) is 9.90. The fraction of sp³-hybridized carbons (Fsp3) is 0.267. The van der Waals surface area contributed by atoms with Crippen molar-refractivity contribution in [2.75, 3.05) is 11.4 Å². The summed E-state index contributed by atoms with van der Waals surface area (Å²) in [6.07, 6.45) is 0. The molecule has 0 saturated heterocycles. The van der Waals surface area contributed by atoms with Crippen molar-refractivity contribution in [3.63, 3.8) is 0 Å². The number of carbonyl (C=O) groups is 2. The summed E-state index contributed by atoms with van der Waals surface area (Å²) < 4.78 is 0. The van der Waals surface area contributed by atoms with Gasteiger partial charge < -0.3 is 15.7 Å². The molecule has 1 amide bonds. The first-order valence-corrected chi connectivity index (χ1v) is 6.58. The molecule has 0 aliphatic rings.